The fourth-order valence-electron chi connectivity index (χ4n) is 8.81. The monoisotopic (exact) mass is 671 g/mol. The molecule has 53 heavy (non-hydrogen) atoms. The Morgan fingerprint density at radius 1 is 0.226 bits per heavy atom. The van der Waals surface area contributed by atoms with Crippen LogP contribution in [0.4, 0.5) is 17.1 Å². The zero-order chi connectivity index (χ0) is 34.9. The SMILES string of the molecule is c1cc(-c2cccc3ccccc23)cc(N(c2ccc3c4ccccc4c4ccccc4c3c2)c2ccc3c4ccccc4c4ccccc4c3c2)c1. The zero-order valence-electron chi connectivity index (χ0n) is 29.0. The summed E-state index contributed by atoms with van der Waals surface area (Å²) in [6, 6.07) is 73.7. The number of anilines is 3. The average molecular weight is 672 g/mol. The molecule has 1 heteroatoms. The Kier molecular flexibility index (Phi) is 6.62. The van der Waals surface area contributed by atoms with Crippen LogP contribution in [0.25, 0.3) is 86.5 Å². The van der Waals surface area contributed by atoms with Crippen LogP contribution in [0.1, 0.15) is 0 Å². The number of hydrogen-bond acceptors (Lipinski definition) is 1. The normalized spacial score (nSPS) is 11.8. The van der Waals surface area contributed by atoms with E-state index >= 15 is 0 Å². The van der Waals surface area contributed by atoms with Crippen LogP contribution in [0.5, 0.6) is 0 Å². The summed E-state index contributed by atoms with van der Waals surface area (Å²) in [4.78, 5) is 2.45. The van der Waals surface area contributed by atoms with Crippen LogP contribution in [-0.2, 0) is 0 Å². The first-order valence-electron chi connectivity index (χ1n) is 18.3. The van der Waals surface area contributed by atoms with Crippen molar-refractivity contribution in [1.29, 1.82) is 0 Å². The molecule has 0 fully saturated rings. The molecule has 0 aliphatic heterocycles. The minimum atomic E-state index is 1.12. The first-order valence-corrected chi connectivity index (χ1v) is 18.3. The van der Waals surface area contributed by atoms with Crippen molar-refractivity contribution in [2.75, 3.05) is 4.90 Å². The summed E-state index contributed by atoms with van der Waals surface area (Å²) in [6.45, 7) is 0. The van der Waals surface area contributed by atoms with Crippen LogP contribution in [0.2, 0.25) is 0 Å². The fraction of sp³-hybridized carbons (Fsp3) is 0. The Labute approximate surface area is 307 Å². The van der Waals surface area contributed by atoms with Gasteiger partial charge in [0.2, 0.25) is 0 Å². The third-order valence-electron chi connectivity index (χ3n) is 11.2. The van der Waals surface area contributed by atoms with E-state index in [4.69, 9.17) is 0 Å². The predicted molar refractivity (Wildman–Crippen MR) is 229 cm³/mol. The second-order valence-electron chi connectivity index (χ2n) is 14.1. The summed E-state index contributed by atoms with van der Waals surface area (Å²) < 4.78 is 0. The lowest BCUT2D eigenvalue weighted by atomic mass is 9.93. The molecule has 0 heterocycles. The van der Waals surface area contributed by atoms with Crippen LogP contribution < -0.4 is 4.90 Å². The van der Waals surface area contributed by atoms with Crippen molar-refractivity contribution in [3.8, 4) is 11.1 Å². The minimum Gasteiger partial charge on any atom is -0.310 e. The average Bonchev–Trinajstić information content (AvgIpc) is 3.24. The third kappa shape index (κ3) is 4.64. The molecule has 11 aromatic carbocycles. The van der Waals surface area contributed by atoms with Gasteiger partial charge in [0.05, 0.1) is 0 Å². The van der Waals surface area contributed by atoms with Gasteiger partial charge in [-0.3, -0.25) is 0 Å². The van der Waals surface area contributed by atoms with Crippen LogP contribution in [0, 0.1) is 0 Å². The third-order valence-corrected chi connectivity index (χ3v) is 11.2. The largest absolute Gasteiger partial charge is 0.310 e. The molecule has 0 bridgehead atoms. The lowest BCUT2D eigenvalue weighted by Gasteiger charge is -2.27. The highest BCUT2D eigenvalue weighted by Crippen LogP contribution is 2.44. The highest BCUT2D eigenvalue weighted by molar-refractivity contribution is 6.27. The lowest BCUT2D eigenvalue weighted by molar-refractivity contribution is 1.30. The molecule has 0 aliphatic rings. The van der Waals surface area contributed by atoms with E-state index in [-0.39, 0.29) is 0 Å². The van der Waals surface area contributed by atoms with Gasteiger partial charge in [0, 0.05) is 17.1 Å². The predicted octanol–water partition coefficient (Wildman–Crippen LogP) is 14.9. The second-order valence-corrected chi connectivity index (χ2v) is 14.1. The maximum atomic E-state index is 2.45. The Morgan fingerprint density at radius 2 is 0.585 bits per heavy atom. The molecule has 0 saturated heterocycles. The maximum absolute atomic E-state index is 2.45. The van der Waals surface area contributed by atoms with E-state index in [0.29, 0.717) is 0 Å². The van der Waals surface area contributed by atoms with Gasteiger partial charge in [-0.25, -0.2) is 0 Å². The summed E-state index contributed by atoms with van der Waals surface area (Å²) in [7, 11) is 0. The van der Waals surface area contributed by atoms with Crippen molar-refractivity contribution in [3.05, 3.63) is 200 Å². The molecule has 11 rings (SSSR count). The molecule has 0 N–H and O–H groups in total. The van der Waals surface area contributed by atoms with Gasteiger partial charge in [0.15, 0.2) is 0 Å². The number of benzene rings is 11. The molecule has 0 atom stereocenters. The number of rotatable bonds is 4. The van der Waals surface area contributed by atoms with E-state index < -0.39 is 0 Å². The van der Waals surface area contributed by atoms with Crippen molar-refractivity contribution >= 4 is 92.5 Å². The van der Waals surface area contributed by atoms with Crippen molar-refractivity contribution in [2.45, 2.75) is 0 Å². The highest BCUT2D eigenvalue weighted by Gasteiger charge is 2.18. The van der Waals surface area contributed by atoms with Crippen molar-refractivity contribution in [3.63, 3.8) is 0 Å². The Balaban J connectivity index is 1.20. The van der Waals surface area contributed by atoms with Crippen molar-refractivity contribution in [2.24, 2.45) is 0 Å². The molecule has 0 unspecified atom stereocenters. The lowest BCUT2D eigenvalue weighted by Crippen LogP contribution is -2.10. The Morgan fingerprint density at radius 3 is 1.08 bits per heavy atom. The van der Waals surface area contributed by atoms with Gasteiger partial charge >= 0.3 is 0 Å². The topological polar surface area (TPSA) is 3.24 Å². The van der Waals surface area contributed by atoms with Crippen molar-refractivity contribution < 1.29 is 0 Å². The van der Waals surface area contributed by atoms with Crippen LogP contribution >= 0.6 is 0 Å². The summed E-state index contributed by atoms with van der Waals surface area (Å²) in [6.07, 6.45) is 0. The first-order chi connectivity index (χ1) is 26.3. The summed E-state index contributed by atoms with van der Waals surface area (Å²) in [5, 5.41) is 17.8. The van der Waals surface area contributed by atoms with Gasteiger partial charge in [-0.1, -0.05) is 164 Å². The summed E-state index contributed by atoms with van der Waals surface area (Å²) in [5.41, 5.74) is 5.79. The van der Waals surface area contributed by atoms with Gasteiger partial charge in [-0.2, -0.15) is 0 Å². The number of fused-ring (bicyclic) bond motifs is 13. The quantitative estimate of drug-likeness (QED) is 0.168. The molecular formula is C52H33N. The molecule has 0 aromatic heterocycles. The second kappa shape index (κ2) is 11.8. The smallest absolute Gasteiger partial charge is 0.0468 e. The molecule has 0 aliphatic carbocycles. The molecule has 246 valence electrons. The standard InChI is InChI=1S/C52H33N/c1-2-17-39-34(13-1)14-12-26-40(39)35-15-11-16-36(31-35)53(37-27-29-49-45-22-5-3-18-41(45)43-20-7-9-24-47(43)51(49)32-37)38-28-30-50-46-23-6-4-19-42(46)44-21-8-10-25-48(44)52(50)33-38/h1-33H. The molecule has 11 aromatic rings. The van der Waals surface area contributed by atoms with Gasteiger partial charge < -0.3 is 4.90 Å². The molecule has 0 amide bonds. The van der Waals surface area contributed by atoms with Crippen LogP contribution in [0.3, 0.4) is 0 Å². The van der Waals surface area contributed by atoms with E-state index in [1.165, 1.54) is 86.5 Å². The Hall–Kier alpha value is -6.96. The van der Waals surface area contributed by atoms with E-state index in [1.54, 1.807) is 0 Å². The molecule has 0 saturated carbocycles. The van der Waals surface area contributed by atoms with Gasteiger partial charge in [-0.15, -0.1) is 0 Å². The summed E-state index contributed by atoms with van der Waals surface area (Å²) >= 11 is 0. The van der Waals surface area contributed by atoms with E-state index in [2.05, 4.69) is 205 Å². The van der Waals surface area contributed by atoms with E-state index in [0.717, 1.165) is 17.1 Å². The molecule has 0 radical (unpaired) electrons. The van der Waals surface area contributed by atoms with Crippen LogP contribution in [-0.4, -0.2) is 0 Å². The molecule has 1 nitrogen and oxygen atoms in total. The van der Waals surface area contributed by atoms with Crippen molar-refractivity contribution in [1.82, 2.24) is 0 Å². The fourth-order valence-corrected chi connectivity index (χ4v) is 8.81. The summed E-state index contributed by atoms with van der Waals surface area (Å²) in [5.74, 6) is 0. The minimum absolute atomic E-state index is 1.12. The van der Waals surface area contributed by atoms with Gasteiger partial charge in [-0.05, 0) is 123 Å². The molecular weight excluding hydrogens is 639 g/mol. The highest BCUT2D eigenvalue weighted by atomic mass is 15.1. The van der Waals surface area contributed by atoms with Gasteiger partial charge in [0.1, 0.15) is 0 Å². The first kappa shape index (κ1) is 29.7. The maximum Gasteiger partial charge on any atom is 0.0468 e. The van der Waals surface area contributed by atoms with Crippen LogP contribution in [0.15, 0.2) is 200 Å². The zero-order valence-corrected chi connectivity index (χ0v) is 29.0. The number of nitrogens with zero attached hydrogens (tertiary/aromatic N) is 1. The van der Waals surface area contributed by atoms with E-state index in [9.17, 15) is 0 Å². The van der Waals surface area contributed by atoms with Gasteiger partial charge in [0.25, 0.3) is 0 Å². The molecule has 0 spiro atoms. The van der Waals surface area contributed by atoms with E-state index in [1.807, 2.05) is 0 Å². The number of hydrogen-bond donors (Lipinski definition) is 0. The Bertz CT molecular complexity index is 3010.